The number of rotatable bonds is 3. The molecule has 0 saturated carbocycles. The molecule has 0 bridgehead atoms. The SMILES string of the molecule is CCNC(=NCc1cccs1)N1CC(C)CC(C)C1. The first-order valence-corrected chi connectivity index (χ1v) is 8.12. The number of nitrogens with zero attached hydrogens (tertiary/aromatic N) is 2. The monoisotopic (exact) mass is 279 g/mol. The molecular formula is C15H25N3S. The van der Waals surface area contributed by atoms with Crippen LogP contribution >= 0.6 is 11.3 Å². The lowest BCUT2D eigenvalue weighted by Crippen LogP contribution is -2.48. The van der Waals surface area contributed by atoms with Gasteiger partial charge in [-0.2, -0.15) is 0 Å². The van der Waals surface area contributed by atoms with E-state index >= 15 is 0 Å². The summed E-state index contributed by atoms with van der Waals surface area (Å²) in [4.78, 5) is 8.54. The number of likely N-dealkylation sites (tertiary alicyclic amines) is 1. The molecule has 1 aliphatic rings. The third-order valence-corrected chi connectivity index (χ3v) is 4.33. The first-order chi connectivity index (χ1) is 9.19. The van der Waals surface area contributed by atoms with E-state index in [0.29, 0.717) is 0 Å². The van der Waals surface area contributed by atoms with Crippen molar-refractivity contribution >= 4 is 17.3 Å². The Labute approximate surface area is 120 Å². The molecule has 1 aromatic heterocycles. The molecule has 1 N–H and O–H groups in total. The zero-order valence-electron chi connectivity index (χ0n) is 12.2. The van der Waals surface area contributed by atoms with Crippen molar-refractivity contribution in [2.24, 2.45) is 16.8 Å². The Morgan fingerprint density at radius 1 is 1.42 bits per heavy atom. The maximum atomic E-state index is 4.79. The number of nitrogens with one attached hydrogen (secondary N) is 1. The lowest BCUT2D eigenvalue weighted by molar-refractivity contribution is 0.208. The highest BCUT2D eigenvalue weighted by atomic mass is 32.1. The van der Waals surface area contributed by atoms with Gasteiger partial charge in [-0.15, -0.1) is 11.3 Å². The summed E-state index contributed by atoms with van der Waals surface area (Å²) in [6.07, 6.45) is 1.33. The van der Waals surface area contributed by atoms with Gasteiger partial charge >= 0.3 is 0 Å². The fourth-order valence-electron chi connectivity index (χ4n) is 2.82. The summed E-state index contributed by atoms with van der Waals surface area (Å²) >= 11 is 1.78. The first kappa shape index (κ1) is 14.4. The van der Waals surface area contributed by atoms with Gasteiger partial charge in [-0.25, -0.2) is 4.99 Å². The van der Waals surface area contributed by atoms with Crippen molar-refractivity contribution in [2.45, 2.75) is 33.7 Å². The zero-order valence-corrected chi connectivity index (χ0v) is 13.0. The second-order valence-electron chi connectivity index (χ2n) is 5.60. The van der Waals surface area contributed by atoms with Crippen LogP contribution in [0.5, 0.6) is 0 Å². The third-order valence-electron chi connectivity index (χ3n) is 3.47. The highest BCUT2D eigenvalue weighted by Gasteiger charge is 2.23. The second-order valence-corrected chi connectivity index (χ2v) is 6.63. The van der Waals surface area contributed by atoms with Gasteiger partial charge in [0.05, 0.1) is 6.54 Å². The Kier molecular flexibility index (Phi) is 5.25. The lowest BCUT2D eigenvalue weighted by atomic mass is 9.92. The van der Waals surface area contributed by atoms with E-state index in [0.717, 1.165) is 44.0 Å². The molecular weight excluding hydrogens is 254 g/mol. The van der Waals surface area contributed by atoms with Crippen molar-refractivity contribution in [1.29, 1.82) is 0 Å². The van der Waals surface area contributed by atoms with Gasteiger partial charge in [0.2, 0.25) is 0 Å². The summed E-state index contributed by atoms with van der Waals surface area (Å²) in [6, 6.07) is 4.24. The van der Waals surface area contributed by atoms with Crippen molar-refractivity contribution in [2.75, 3.05) is 19.6 Å². The van der Waals surface area contributed by atoms with E-state index < -0.39 is 0 Å². The van der Waals surface area contributed by atoms with Crippen LogP contribution in [0.4, 0.5) is 0 Å². The van der Waals surface area contributed by atoms with Crippen LogP contribution in [0.3, 0.4) is 0 Å². The Morgan fingerprint density at radius 2 is 2.16 bits per heavy atom. The summed E-state index contributed by atoms with van der Waals surface area (Å²) in [6.45, 7) is 10.8. The van der Waals surface area contributed by atoms with Crippen LogP contribution in [0, 0.1) is 11.8 Å². The highest BCUT2D eigenvalue weighted by molar-refractivity contribution is 7.09. The van der Waals surface area contributed by atoms with Crippen LogP contribution in [0.1, 0.15) is 32.1 Å². The zero-order chi connectivity index (χ0) is 13.7. The van der Waals surface area contributed by atoms with E-state index in [1.807, 2.05) is 0 Å². The Balaban J connectivity index is 2.03. The molecule has 4 heteroatoms. The van der Waals surface area contributed by atoms with Crippen molar-refractivity contribution in [3.05, 3.63) is 22.4 Å². The minimum absolute atomic E-state index is 0.759. The van der Waals surface area contributed by atoms with E-state index in [1.165, 1.54) is 11.3 Å². The van der Waals surface area contributed by atoms with Crippen molar-refractivity contribution < 1.29 is 0 Å². The Bertz CT molecular complexity index is 390. The number of thiophene rings is 1. The van der Waals surface area contributed by atoms with Crippen molar-refractivity contribution in [1.82, 2.24) is 10.2 Å². The predicted octanol–water partition coefficient (Wildman–Crippen LogP) is 3.19. The maximum absolute atomic E-state index is 4.79. The predicted molar refractivity (Wildman–Crippen MR) is 83.7 cm³/mol. The average molecular weight is 279 g/mol. The standard InChI is InChI=1S/C15H25N3S/c1-4-16-15(17-9-14-6-5-7-19-14)18-10-12(2)8-13(3)11-18/h5-7,12-13H,4,8-11H2,1-3H3,(H,16,17). The van der Waals surface area contributed by atoms with Crippen LogP contribution in [0.15, 0.2) is 22.5 Å². The number of hydrogen-bond acceptors (Lipinski definition) is 2. The molecule has 1 aromatic rings. The fraction of sp³-hybridized carbons (Fsp3) is 0.667. The molecule has 2 atom stereocenters. The fourth-order valence-corrected chi connectivity index (χ4v) is 3.45. The third kappa shape index (κ3) is 4.23. The average Bonchev–Trinajstić information content (AvgIpc) is 2.86. The van der Waals surface area contributed by atoms with Crippen molar-refractivity contribution in [3.63, 3.8) is 0 Å². The van der Waals surface area contributed by atoms with E-state index in [4.69, 9.17) is 4.99 Å². The van der Waals surface area contributed by atoms with Crippen LogP contribution in [0.25, 0.3) is 0 Å². The van der Waals surface area contributed by atoms with Gasteiger partial charge in [-0.05, 0) is 36.6 Å². The highest BCUT2D eigenvalue weighted by Crippen LogP contribution is 2.21. The van der Waals surface area contributed by atoms with E-state index in [1.54, 1.807) is 11.3 Å². The molecule has 2 unspecified atom stereocenters. The van der Waals surface area contributed by atoms with Gasteiger partial charge in [0.25, 0.3) is 0 Å². The number of piperidine rings is 1. The smallest absolute Gasteiger partial charge is 0.194 e. The number of guanidine groups is 1. The molecule has 19 heavy (non-hydrogen) atoms. The van der Waals surface area contributed by atoms with Crippen LogP contribution in [-0.4, -0.2) is 30.5 Å². The number of aliphatic imine (C=N–C) groups is 1. The molecule has 0 amide bonds. The molecule has 0 spiro atoms. The number of hydrogen-bond donors (Lipinski definition) is 1. The summed E-state index contributed by atoms with van der Waals surface area (Å²) in [5.74, 6) is 2.60. The van der Waals surface area contributed by atoms with Gasteiger partial charge in [0.1, 0.15) is 0 Å². The Hall–Kier alpha value is -1.03. The molecule has 2 rings (SSSR count). The molecule has 106 valence electrons. The molecule has 1 aliphatic heterocycles. The molecule has 0 radical (unpaired) electrons. The van der Waals surface area contributed by atoms with Crippen LogP contribution < -0.4 is 5.32 Å². The molecule has 0 aromatic carbocycles. The van der Waals surface area contributed by atoms with Crippen LogP contribution in [-0.2, 0) is 6.54 Å². The van der Waals surface area contributed by atoms with E-state index in [-0.39, 0.29) is 0 Å². The summed E-state index contributed by atoms with van der Waals surface area (Å²) in [5.41, 5.74) is 0. The van der Waals surface area contributed by atoms with Gasteiger partial charge in [-0.3, -0.25) is 0 Å². The quantitative estimate of drug-likeness (QED) is 0.680. The van der Waals surface area contributed by atoms with Crippen LogP contribution in [0.2, 0.25) is 0 Å². The molecule has 1 saturated heterocycles. The summed E-state index contributed by atoms with van der Waals surface area (Å²) < 4.78 is 0. The van der Waals surface area contributed by atoms with Crippen molar-refractivity contribution in [3.8, 4) is 0 Å². The van der Waals surface area contributed by atoms with E-state index in [2.05, 4.69) is 48.5 Å². The summed E-state index contributed by atoms with van der Waals surface area (Å²) in [7, 11) is 0. The molecule has 2 heterocycles. The van der Waals surface area contributed by atoms with Gasteiger partial charge in [-0.1, -0.05) is 19.9 Å². The second kappa shape index (κ2) is 6.94. The minimum atomic E-state index is 0.759. The Morgan fingerprint density at radius 3 is 2.74 bits per heavy atom. The topological polar surface area (TPSA) is 27.6 Å². The van der Waals surface area contributed by atoms with E-state index in [9.17, 15) is 0 Å². The first-order valence-electron chi connectivity index (χ1n) is 7.24. The van der Waals surface area contributed by atoms with Gasteiger partial charge in [0.15, 0.2) is 5.96 Å². The normalized spacial score (nSPS) is 24.6. The molecule has 1 fully saturated rings. The molecule has 3 nitrogen and oxygen atoms in total. The summed E-state index contributed by atoms with van der Waals surface area (Å²) in [5, 5.41) is 5.55. The maximum Gasteiger partial charge on any atom is 0.194 e. The minimum Gasteiger partial charge on any atom is -0.357 e. The lowest BCUT2D eigenvalue weighted by Gasteiger charge is -2.37. The molecule has 0 aliphatic carbocycles. The largest absolute Gasteiger partial charge is 0.357 e. The van der Waals surface area contributed by atoms with Gasteiger partial charge in [0, 0.05) is 24.5 Å². The van der Waals surface area contributed by atoms with Gasteiger partial charge < -0.3 is 10.2 Å².